The molecule has 0 N–H and O–H groups in total. The summed E-state index contributed by atoms with van der Waals surface area (Å²) in [7, 11) is 0. The second-order valence-electron chi connectivity index (χ2n) is 4.97. The summed E-state index contributed by atoms with van der Waals surface area (Å²) in [6, 6.07) is 0.841. The molecule has 0 radical (unpaired) electrons. The van der Waals surface area contributed by atoms with Gasteiger partial charge in [-0.25, -0.2) is 4.79 Å². The molecule has 0 aliphatic carbocycles. The number of ether oxygens (including phenoxy) is 1. The van der Waals surface area contributed by atoms with Crippen molar-refractivity contribution in [3.05, 3.63) is 0 Å². The zero-order valence-corrected chi connectivity index (χ0v) is 9.98. The van der Waals surface area contributed by atoms with Gasteiger partial charge in [-0.15, -0.1) is 0 Å². The largest absolute Gasteiger partial charge is 0.444 e. The molecule has 2 atom stereocenters. The first-order valence-corrected chi connectivity index (χ1v) is 5.19. The van der Waals surface area contributed by atoms with Gasteiger partial charge in [0.1, 0.15) is 5.60 Å². The summed E-state index contributed by atoms with van der Waals surface area (Å²) in [5.41, 5.74) is -0.619. The summed E-state index contributed by atoms with van der Waals surface area (Å²) in [4.78, 5) is 24.5. The highest BCUT2D eigenvalue weighted by molar-refractivity contribution is 5.94. The van der Waals surface area contributed by atoms with Crippen LogP contribution in [0.2, 0.25) is 0 Å². The molecule has 16 heavy (non-hydrogen) atoms. The Morgan fingerprint density at radius 1 is 1.56 bits per heavy atom. The smallest absolute Gasteiger partial charge is 0.411 e. The van der Waals surface area contributed by atoms with Crippen molar-refractivity contribution in [2.24, 2.45) is 5.92 Å². The molecule has 1 rings (SSSR count). The number of nitriles is 1. The molecule has 1 saturated heterocycles. The molecule has 1 aliphatic heterocycles. The molecule has 0 aromatic heterocycles. The van der Waals surface area contributed by atoms with E-state index in [0.717, 1.165) is 0 Å². The molecule has 5 nitrogen and oxygen atoms in total. The second kappa shape index (κ2) is 4.12. The minimum absolute atomic E-state index is 0.214. The first-order valence-electron chi connectivity index (χ1n) is 5.19. The van der Waals surface area contributed by atoms with E-state index in [0.29, 0.717) is 0 Å². The Kier molecular flexibility index (Phi) is 3.22. The van der Waals surface area contributed by atoms with Gasteiger partial charge in [-0.1, -0.05) is 6.92 Å². The minimum Gasteiger partial charge on any atom is -0.444 e. The van der Waals surface area contributed by atoms with Crippen molar-refractivity contribution >= 4 is 11.9 Å². The molecule has 1 amide bonds. The molecule has 1 heterocycles. The lowest BCUT2D eigenvalue weighted by atomic mass is 10.1. The molecule has 0 aromatic carbocycles. The van der Waals surface area contributed by atoms with E-state index in [4.69, 9.17) is 10.00 Å². The summed E-state index contributed by atoms with van der Waals surface area (Å²) in [5.74, 6) is -0.509. The van der Waals surface area contributed by atoms with Crippen LogP contribution in [0.4, 0.5) is 4.79 Å². The summed E-state index contributed by atoms with van der Waals surface area (Å²) < 4.78 is 5.13. The lowest BCUT2D eigenvalue weighted by molar-refractivity contribution is -0.121. The van der Waals surface area contributed by atoms with Crippen molar-refractivity contribution in [2.75, 3.05) is 6.54 Å². The summed E-state index contributed by atoms with van der Waals surface area (Å²) >= 11 is 0. The van der Waals surface area contributed by atoms with Crippen molar-refractivity contribution in [1.29, 1.82) is 5.26 Å². The van der Waals surface area contributed by atoms with Gasteiger partial charge in [0.15, 0.2) is 11.8 Å². The monoisotopic (exact) mass is 224 g/mol. The Balaban J connectivity index is 2.78. The van der Waals surface area contributed by atoms with Crippen LogP contribution >= 0.6 is 0 Å². The number of likely N-dealkylation sites (tertiary alicyclic amines) is 1. The van der Waals surface area contributed by atoms with Crippen molar-refractivity contribution in [2.45, 2.75) is 39.3 Å². The van der Waals surface area contributed by atoms with Crippen LogP contribution in [-0.2, 0) is 9.53 Å². The number of nitrogens with zero attached hydrogens (tertiary/aromatic N) is 2. The van der Waals surface area contributed by atoms with Crippen LogP contribution < -0.4 is 0 Å². The summed E-state index contributed by atoms with van der Waals surface area (Å²) in [5, 5.41) is 8.85. The molecule has 0 spiro atoms. The molecule has 0 bridgehead atoms. The van der Waals surface area contributed by atoms with Crippen molar-refractivity contribution in [1.82, 2.24) is 4.90 Å². The highest BCUT2D eigenvalue weighted by Crippen LogP contribution is 2.21. The number of carbonyl (C=O) groups excluding carboxylic acids is 2. The number of hydrogen-bond acceptors (Lipinski definition) is 4. The predicted molar refractivity (Wildman–Crippen MR) is 56.5 cm³/mol. The highest BCUT2D eigenvalue weighted by Gasteiger charge is 2.42. The zero-order chi connectivity index (χ0) is 12.5. The first kappa shape index (κ1) is 12.5. The number of ketones is 1. The van der Waals surface area contributed by atoms with E-state index in [1.54, 1.807) is 27.7 Å². The number of carbonyl (C=O) groups is 2. The standard InChI is InChI=1S/C11H16N2O3/c1-7-6-13(8(5-12)9(7)14)10(15)16-11(2,3)4/h7-8H,6H2,1-4H3. The lowest BCUT2D eigenvalue weighted by Gasteiger charge is -2.25. The highest BCUT2D eigenvalue weighted by atomic mass is 16.6. The number of hydrogen-bond donors (Lipinski definition) is 0. The Labute approximate surface area is 95.0 Å². The third-order valence-corrected chi connectivity index (χ3v) is 2.29. The maximum Gasteiger partial charge on any atom is 0.411 e. The van der Waals surface area contributed by atoms with E-state index >= 15 is 0 Å². The van der Waals surface area contributed by atoms with E-state index in [-0.39, 0.29) is 18.2 Å². The fraction of sp³-hybridized carbons (Fsp3) is 0.727. The van der Waals surface area contributed by atoms with E-state index in [9.17, 15) is 9.59 Å². The van der Waals surface area contributed by atoms with Crippen LogP contribution in [0.15, 0.2) is 0 Å². The Bertz CT molecular complexity index is 351. The van der Waals surface area contributed by atoms with E-state index < -0.39 is 17.7 Å². The lowest BCUT2D eigenvalue weighted by Crippen LogP contribution is -2.40. The van der Waals surface area contributed by atoms with E-state index in [1.165, 1.54) is 4.90 Å². The van der Waals surface area contributed by atoms with Crippen LogP contribution in [0.25, 0.3) is 0 Å². The fourth-order valence-electron chi connectivity index (χ4n) is 1.55. The van der Waals surface area contributed by atoms with Gasteiger partial charge in [0.05, 0.1) is 6.07 Å². The summed E-state index contributed by atoms with van der Waals surface area (Å²) in [6.45, 7) is 7.19. The second-order valence-corrected chi connectivity index (χ2v) is 4.97. The van der Waals surface area contributed by atoms with Crippen molar-refractivity contribution in [3.63, 3.8) is 0 Å². The molecular formula is C11H16N2O3. The van der Waals surface area contributed by atoms with E-state index in [2.05, 4.69) is 0 Å². The molecule has 88 valence electrons. The van der Waals surface area contributed by atoms with Gasteiger partial charge in [-0.2, -0.15) is 5.26 Å². The molecule has 1 fully saturated rings. The third kappa shape index (κ3) is 2.51. The van der Waals surface area contributed by atoms with Crippen molar-refractivity contribution in [3.8, 4) is 6.07 Å². The first-order chi connectivity index (χ1) is 7.26. The molecule has 1 aliphatic rings. The number of Topliss-reactive ketones (excluding diaryl/α,β-unsaturated/α-hetero) is 1. The van der Waals surface area contributed by atoms with Crippen molar-refractivity contribution < 1.29 is 14.3 Å². The maximum atomic E-state index is 11.7. The zero-order valence-electron chi connectivity index (χ0n) is 9.98. The van der Waals surface area contributed by atoms with Crippen LogP contribution in [0.3, 0.4) is 0 Å². The van der Waals surface area contributed by atoms with Crippen LogP contribution in [0, 0.1) is 17.2 Å². The van der Waals surface area contributed by atoms with Crippen LogP contribution in [0.1, 0.15) is 27.7 Å². The van der Waals surface area contributed by atoms with Gasteiger partial charge in [0.2, 0.25) is 0 Å². The Hall–Kier alpha value is -1.57. The van der Waals surface area contributed by atoms with Gasteiger partial charge in [0, 0.05) is 12.5 Å². The predicted octanol–water partition coefficient (Wildman–Crippen LogP) is 1.33. The van der Waals surface area contributed by atoms with E-state index in [1.807, 2.05) is 6.07 Å². The molecule has 2 unspecified atom stereocenters. The van der Waals surface area contributed by atoms with Gasteiger partial charge in [-0.05, 0) is 20.8 Å². The average Bonchev–Trinajstić information content (AvgIpc) is 2.40. The third-order valence-electron chi connectivity index (χ3n) is 2.29. The minimum atomic E-state index is -0.996. The van der Waals surface area contributed by atoms with Crippen LogP contribution in [-0.4, -0.2) is 35.0 Å². The molecule has 0 saturated carbocycles. The maximum absolute atomic E-state index is 11.7. The fourth-order valence-corrected chi connectivity index (χ4v) is 1.55. The van der Waals surface area contributed by atoms with Gasteiger partial charge < -0.3 is 4.74 Å². The molecule has 0 aromatic rings. The average molecular weight is 224 g/mol. The normalized spacial score (nSPS) is 25.4. The van der Waals surface area contributed by atoms with Gasteiger partial charge in [0.25, 0.3) is 0 Å². The van der Waals surface area contributed by atoms with Crippen LogP contribution in [0.5, 0.6) is 0 Å². The number of rotatable bonds is 0. The Morgan fingerprint density at radius 2 is 2.12 bits per heavy atom. The Morgan fingerprint density at radius 3 is 2.56 bits per heavy atom. The quantitative estimate of drug-likeness (QED) is 0.622. The topological polar surface area (TPSA) is 70.4 Å². The molecule has 5 heteroatoms. The SMILES string of the molecule is CC1CN(C(=O)OC(C)(C)C)C(C#N)C1=O. The summed E-state index contributed by atoms with van der Waals surface area (Å²) in [6.07, 6.45) is -0.600. The van der Waals surface area contributed by atoms with Gasteiger partial charge >= 0.3 is 6.09 Å². The number of amides is 1. The molecular weight excluding hydrogens is 208 g/mol. The van der Waals surface area contributed by atoms with Gasteiger partial charge in [-0.3, -0.25) is 9.69 Å².